The summed E-state index contributed by atoms with van der Waals surface area (Å²) in [5, 5.41) is 0.964. The lowest BCUT2D eigenvalue weighted by molar-refractivity contribution is 0.376. The van der Waals surface area contributed by atoms with Gasteiger partial charge in [-0.05, 0) is 22.0 Å². The van der Waals surface area contributed by atoms with Crippen LogP contribution in [0.5, 0.6) is 5.75 Å². The molecule has 15 heavy (non-hydrogen) atoms. The molecular formula is C10H6BrF2NO. The van der Waals surface area contributed by atoms with Crippen molar-refractivity contribution in [2.75, 3.05) is 7.11 Å². The van der Waals surface area contributed by atoms with E-state index in [1.807, 2.05) is 0 Å². The SMILES string of the molecule is COc1c(F)c(F)c(Br)c2cnccc12. The quantitative estimate of drug-likeness (QED) is 0.744. The molecule has 0 N–H and O–H groups in total. The van der Waals surface area contributed by atoms with Gasteiger partial charge in [-0.25, -0.2) is 4.39 Å². The third kappa shape index (κ3) is 1.47. The molecule has 0 saturated carbocycles. The molecule has 0 aliphatic carbocycles. The van der Waals surface area contributed by atoms with E-state index < -0.39 is 11.6 Å². The summed E-state index contributed by atoms with van der Waals surface area (Å²) in [6, 6.07) is 1.57. The van der Waals surface area contributed by atoms with Gasteiger partial charge >= 0.3 is 0 Å². The van der Waals surface area contributed by atoms with Gasteiger partial charge in [0.25, 0.3) is 0 Å². The molecule has 0 fully saturated rings. The van der Waals surface area contributed by atoms with Crippen molar-refractivity contribution >= 4 is 26.7 Å². The highest BCUT2D eigenvalue weighted by Gasteiger charge is 2.18. The smallest absolute Gasteiger partial charge is 0.202 e. The van der Waals surface area contributed by atoms with Gasteiger partial charge in [-0.2, -0.15) is 4.39 Å². The monoisotopic (exact) mass is 273 g/mol. The number of hydrogen-bond acceptors (Lipinski definition) is 2. The van der Waals surface area contributed by atoms with Gasteiger partial charge < -0.3 is 4.74 Å². The average Bonchev–Trinajstić information content (AvgIpc) is 2.27. The van der Waals surface area contributed by atoms with Crippen molar-refractivity contribution in [2.24, 2.45) is 0 Å². The lowest BCUT2D eigenvalue weighted by atomic mass is 10.1. The van der Waals surface area contributed by atoms with Crippen LogP contribution in [0.15, 0.2) is 22.9 Å². The van der Waals surface area contributed by atoms with Gasteiger partial charge in [0.2, 0.25) is 5.82 Å². The molecule has 2 rings (SSSR count). The molecule has 0 spiro atoms. The minimum atomic E-state index is -0.997. The molecule has 0 saturated heterocycles. The molecule has 2 aromatic rings. The first kappa shape index (κ1) is 10.3. The molecule has 0 aliphatic rings. The summed E-state index contributed by atoms with van der Waals surface area (Å²) in [4.78, 5) is 3.85. The van der Waals surface area contributed by atoms with Crippen molar-refractivity contribution in [3.05, 3.63) is 34.6 Å². The van der Waals surface area contributed by atoms with Crippen LogP contribution >= 0.6 is 15.9 Å². The van der Waals surface area contributed by atoms with Crippen LogP contribution in [0.4, 0.5) is 8.78 Å². The number of halogens is 3. The van der Waals surface area contributed by atoms with Gasteiger partial charge in [0.15, 0.2) is 11.6 Å². The Kier molecular flexibility index (Phi) is 2.56. The van der Waals surface area contributed by atoms with Crippen LogP contribution in [-0.4, -0.2) is 12.1 Å². The maximum Gasteiger partial charge on any atom is 0.202 e. The number of pyridine rings is 1. The molecule has 0 bridgehead atoms. The van der Waals surface area contributed by atoms with Crippen LogP contribution in [0.3, 0.4) is 0 Å². The Morgan fingerprint density at radius 2 is 2.00 bits per heavy atom. The molecule has 1 heterocycles. The molecule has 0 radical (unpaired) electrons. The topological polar surface area (TPSA) is 22.1 Å². The first-order valence-electron chi connectivity index (χ1n) is 4.11. The van der Waals surface area contributed by atoms with E-state index in [1.165, 1.54) is 19.5 Å². The predicted molar refractivity (Wildman–Crippen MR) is 55.9 cm³/mol. The molecule has 78 valence electrons. The fraction of sp³-hybridized carbons (Fsp3) is 0.100. The third-order valence-electron chi connectivity index (χ3n) is 2.09. The van der Waals surface area contributed by atoms with Crippen molar-refractivity contribution in [3.8, 4) is 5.75 Å². The van der Waals surface area contributed by atoms with E-state index in [9.17, 15) is 8.78 Å². The normalized spacial score (nSPS) is 10.7. The highest BCUT2D eigenvalue weighted by atomic mass is 79.9. The second-order valence-corrected chi connectivity index (χ2v) is 3.69. The Morgan fingerprint density at radius 1 is 1.27 bits per heavy atom. The molecule has 2 nitrogen and oxygen atoms in total. The minimum absolute atomic E-state index is 0.0592. The molecule has 0 amide bonds. The summed E-state index contributed by atoms with van der Waals surface area (Å²) in [7, 11) is 1.30. The molecule has 0 unspecified atom stereocenters. The number of methoxy groups -OCH3 is 1. The van der Waals surface area contributed by atoms with Crippen LogP contribution in [0, 0.1) is 11.6 Å². The summed E-state index contributed by atoms with van der Waals surface area (Å²) in [6.45, 7) is 0. The first-order valence-corrected chi connectivity index (χ1v) is 4.90. The number of aromatic nitrogens is 1. The van der Waals surface area contributed by atoms with Crippen LogP contribution < -0.4 is 4.74 Å². The van der Waals surface area contributed by atoms with Crippen molar-refractivity contribution in [1.82, 2.24) is 4.98 Å². The zero-order chi connectivity index (χ0) is 11.0. The lowest BCUT2D eigenvalue weighted by Gasteiger charge is -2.09. The summed E-state index contributed by atoms with van der Waals surface area (Å²) in [5.74, 6) is -2.07. The van der Waals surface area contributed by atoms with Gasteiger partial charge in [-0.15, -0.1) is 0 Å². The van der Waals surface area contributed by atoms with Gasteiger partial charge in [-0.1, -0.05) is 0 Å². The van der Waals surface area contributed by atoms with Crippen LogP contribution in [-0.2, 0) is 0 Å². The van der Waals surface area contributed by atoms with E-state index in [0.29, 0.717) is 10.8 Å². The summed E-state index contributed by atoms with van der Waals surface area (Å²) in [6.07, 6.45) is 2.94. The number of benzene rings is 1. The summed E-state index contributed by atoms with van der Waals surface area (Å²) >= 11 is 2.98. The predicted octanol–water partition coefficient (Wildman–Crippen LogP) is 3.28. The van der Waals surface area contributed by atoms with Gasteiger partial charge in [-0.3, -0.25) is 4.98 Å². The van der Waals surface area contributed by atoms with Crippen molar-refractivity contribution < 1.29 is 13.5 Å². The highest BCUT2D eigenvalue weighted by molar-refractivity contribution is 9.10. The molecule has 5 heteroatoms. The number of nitrogens with zero attached hydrogens (tertiary/aromatic N) is 1. The molecule has 0 atom stereocenters. The third-order valence-corrected chi connectivity index (χ3v) is 2.87. The first-order chi connectivity index (χ1) is 7.16. The van der Waals surface area contributed by atoms with E-state index >= 15 is 0 Å². The Labute approximate surface area is 93.0 Å². The zero-order valence-electron chi connectivity index (χ0n) is 7.72. The van der Waals surface area contributed by atoms with E-state index in [1.54, 1.807) is 6.07 Å². The average molecular weight is 274 g/mol. The number of ether oxygens (including phenoxy) is 1. The molecule has 1 aromatic carbocycles. The maximum atomic E-state index is 13.4. The molecule has 1 aromatic heterocycles. The van der Waals surface area contributed by atoms with Crippen molar-refractivity contribution in [1.29, 1.82) is 0 Å². The van der Waals surface area contributed by atoms with Gasteiger partial charge in [0, 0.05) is 23.2 Å². The lowest BCUT2D eigenvalue weighted by Crippen LogP contribution is -1.95. The van der Waals surface area contributed by atoms with Gasteiger partial charge in [0.1, 0.15) is 0 Å². The maximum absolute atomic E-state index is 13.4. The number of rotatable bonds is 1. The Hall–Kier alpha value is -1.23. The molecular weight excluding hydrogens is 268 g/mol. The van der Waals surface area contributed by atoms with E-state index in [-0.39, 0.29) is 10.2 Å². The zero-order valence-corrected chi connectivity index (χ0v) is 9.31. The van der Waals surface area contributed by atoms with E-state index in [2.05, 4.69) is 20.9 Å². The highest BCUT2D eigenvalue weighted by Crippen LogP contribution is 2.36. The minimum Gasteiger partial charge on any atom is -0.493 e. The largest absolute Gasteiger partial charge is 0.493 e. The second-order valence-electron chi connectivity index (χ2n) is 2.90. The Bertz CT molecular complexity index is 530. The van der Waals surface area contributed by atoms with Crippen LogP contribution in [0.25, 0.3) is 10.8 Å². The van der Waals surface area contributed by atoms with Crippen LogP contribution in [0.2, 0.25) is 0 Å². The Balaban J connectivity index is 2.98. The fourth-order valence-electron chi connectivity index (χ4n) is 1.40. The molecule has 0 aliphatic heterocycles. The Morgan fingerprint density at radius 3 is 2.67 bits per heavy atom. The fourth-order valence-corrected chi connectivity index (χ4v) is 1.89. The van der Waals surface area contributed by atoms with E-state index in [0.717, 1.165) is 0 Å². The van der Waals surface area contributed by atoms with Crippen LogP contribution in [0.1, 0.15) is 0 Å². The van der Waals surface area contributed by atoms with Crippen molar-refractivity contribution in [3.63, 3.8) is 0 Å². The van der Waals surface area contributed by atoms with Crippen molar-refractivity contribution in [2.45, 2.75) is 0 Å². The number of hydrogen-bond donors (Lipinski definition) is 0. The summed E-state index contributed by atoms with van der Waals surface area (Å²) in [5.41, 5.74) is 0. The van der Waals surface area contributed by atoms with Gasteiger partial charge in [0.05, 0.1) is 11.6 Å². The summed E-state index contributed by atoms with van der Waals surface area (Å²) < 4.78 is 31.7. The second kappa shape index (κ2) is 3.73. The van der Waals surface area contributed by atoms with E-state index in [4.69, 9.17) is 4.74 Å². The number of fused-ring (bicyclic) bond motifs is 1. The standard InChI is InChI=1S/C10H6BrF2NO/c1-15-10-5-2-3-14-4-6(5)7(11)8(12)9(10)13/h2-4H,1H3.